The molecule has 0 amide bonds. The predicted molar refractivity (Wildman–Crippen MR) is 82.2 cm³/mol. The molecule has 0 bridgehead atoms. The summed E-state index contributed by atoms with van der Waals surface area (Å²) < 4.78 is 42.5. The Labute approximate surface area is 130 Å². The minimum atomic E-state index is -3.91. The van der Waals surface area contributed by atoms with E-state index in [1.807, 2.05) is 4.57 Å². The van der Waals surface area contributed by atoms with Crippen molar-refractivity contribution in [2.75, 3.05) is 0 Å². The largest absolute Gasteiger partial charge is 0.334 e. The van der Waals surface area contributed by atoms with Gasteiger partial charge >= 0.3 is 0 Å². The number of benzene rings is 1. The molecule has 5 nitrogen and oxygen atoms in total. The first-order valence-corrected chi connectivity index (χ1v) is 8.53. The molecule has 0 radical (unpaired) electrons. The van der Waals surface area contributed by atoms with Crippen LogP contribution in [0.4, 0.5) is 4.39 Å². The SMILES string of the molecule is Cc1ccc(F)c(S(=O)(=O)NCc2nccn2CC(C)C)c1. The van der Waals surface area contributed by atoms with Crippen LogP contribution in [0.1, 0.15) is 25.2 Å². The van der Waals surface area contributed by atoms with Crippen LogP contribution >= 0.6 is 0 Å². The van der Waals surface area contributed by atoms with Crippen molar-refractivity contribution in [2.45, 2.75) is 38.8 Å². The molecule has 120 valence electrons. The number of hydrogen-bond acceptors (Lipinski definition) is 3. The molecule has 2 rings (SSSR count). The van der Waals surface area contributed by atoms with Gasteiger partial charge in [0, 0.05) is 18.9 Å². The number of nitrogens with one attached hydrogen (secondary N) is 1. The first-order chi connectivity index (χ1) is 10.3. The zero-order chi connectivity index (χ0) is 16.3. The molecule has 1 heterocycles. The van der Waals surface area contributed by atoms with Gasteiger partial charge in [0.1, 0.15) is 16.5 Å². The molecular formula is C15H20FN3O2S. The normalized spacial score (nSPS) is 12.0. The molecule has 0 saturated heterocycles. The van der Waals surface area contributed by atoms with E-state index < -0.39 is 15.8 Å². The van der Waals surface area contributed by atoms with Crippen LogP contribution in [0.5, 0.6) is 0 Å². The number of sulfonamides is 1. The van der Waals surface area contributed by atoms with Gasteiger partial charge in [-0.2, -0.15) is 0 Å². The van der Waals surface area contributed by atoms with Gasteiger partial charge in [0.15, 0.2) is 0 Å². The third-order valence-corrected chi connectivity index (χ3v) is 4.58. The van der Waals surface area contributed by atoms with Gasteiger partial charge in [0.05, 0.1) is 6.54 Å². The quantitative estimate of drug-likeness (QED) is 0.887. The van der Waals surface area contributed by atoms with E-state index >= 15 is 0 Å². The monoisotopic (exact) mass is 325 g/mol. The number of nitrogens with zero attached hydrogens (tertiary/aromatic N) is 2. The van der Waals surface area contributed by atoms with Gasteiger partial charge in [-0.25, -0.2) is 22.5 Å². The van der Waals surface area contributed by atoms with E-state index in [-0.39, 0.29) is 11.4 Å². The minimum absolute atomic E-state index is 0.0232. The van der Waals surface area contributed by atoms with Crippen LogP contribution in [-0.2, 0) is 23.1 Å². The van der Waals surface area contributed by atoms with Crippen LogP contribution in [0, 0.1) is 18.7 Å². The summed E-state index contributed by atoms with van der Waals surface area (Å²) in [5, 5.41) is 0. The van der Waals surface area contributed by atoms with Gasteiger partial charge in [-0.3, -0.25) is 0 Å². The summed E-state index contributed by atoms with van der Waals surface area (Å²) in [4.78, 5) is 3.81. The fourth-order valence-electron chi connectivity index (χ4n) is 2.12. The first-order valence-electron chi connectivity index (χ1n) is 7.05. The number of rotatable bonds is 6. The molecule has 0 fully saturated rings. The molecule has 1 aromatic heterocycles. The summed E-state index contributed by atoms with van der Waals surface area (Å²) in [6.45, 7) is 6.62. The Bertz CT molecular complexity index is 754. The molecule has 0 atom stereocenters. The van der Waals surface area contributed by atoms with Crippen molar-refractivity contribution in [3.8, 4) is 0 Å². The van der Waals surface area contributed by atoms with E-state index in [0.717, 1.165) is 12.6 Å². The summed E-state index contributed by atoms with van der Waals surface area (Å²) in [7, 11) is -3.91. The third kappa shape index (κ3) is 3.92. The number of halogens is 1. The fourth-order valence-corrected chi connectivity index (χ4v) is 3.26. The van der Waals surface area contributed by atoms with Crippen LogP contribution in [0.3, 0.4) is 0 Å². The maximum absolute atomic E-state index is 13.7. The smallest absolute Gasteiger partial charge is 0.243 e. The molecule has 2 aromatic rings. The molecule has 22 heavy (non-hydrogen) atoms. The Kier molecular flexibility index (Phi) is 4.97. The molecule has 1 N–H and O–H groups in total. The van der Waals surface area contributed by atoms with Crippen LogP contribution in [0.25, 0.3) is 0 Å². The summed E-state index contributed by atoms with van der Waals surface area (Å²) in [5.74, 6) is 0.257. The van der Waals surface area contributed by atoms with Gasteiger partial charge < -0.3 is 4.57 Å². The molecule has 0 aliphatic heterocycles. The van der Waals surface area contributed by atoms with Crippen LogP contribution in [0.15, 0.2) is 35.5 Å². The second-order valence-electron chi connectivity index (χ2n) is 5.65. The molecule has 7 heteroatoms. The molecular weight excluding hydrogens is 305 g/mol. The number of aryl methyl sites for hydroxylation is 1. The highest BCUT2D eigenvalue weighted by Gasteiger charge is 2.19. The predicted octanol–water partition coefficient (Wildman–Crippen LogP) is 2.47. The molecule has 0 unspecified atom stereocenters. The average Bonchev–Trinajstić information content (AvgIpc) is 2.86. The van der Waals surface area contributed by atoms with E-state index in [1.54, 1.807) is 19.3 Å². The molecule has 0 aliphatic rings. The van der Waals surface area contributed by atoms with E-state index in [1.165, 1.54) is 12.1 Å². The molecule has 1 aromatic carbocycles. The van der Waals surface area contributed by atoms with Gasteiger partial charge in [-0.05, 0) is 30.5 Å². The maximum Gasteiger partial charge on any atom is 0.243 e. The zero-order valence-electron chi connectivity index (χ0n) is 12.9. The highest BCUT2D eigenvalue weighted by molar-refractivity contribution is 7.89. The summed E-state index contributed by atoms with van der Waals surface area (Å²) in [6, 6.07) is 4.01. The van der Waals surface area contributed by atoms with Gasteiger partial charge in [-0.15, -0.1) is 0 Å². The number of imidazole rings is 1. The van der Waals surface area contributed by atoms with E-state index in [4.69, 9.17) is 0 Å². The summed E-state index contributed by atoms with van der Waals surface area (Å²) in [6.07, 6.45) is 3.43. The van der Waals surface area contributed by atoms with Gasteiger partial charge in [0.25, 0.3) is 0 Å². The fraction of sp³-hybridized carbons (Fsp3) is 0.400. The third-order valence-electron chi connectivity index (χ3n) is 3.16. The second kappa shape index (κ2) is 6.58. The summed E-state index contributed by atoms with van der Waals surface area (Å²) in [5.41, 5.74) is 0.683. The zero-order valence-corrected chi connectivity index (χ0v) is 13.7. The lowest BCUT2D eigenvalue weighted by Gasteiger charge is -2.12. The molecule has 0 aliphatic carbocycles. The Morgan fingerprint density at radius 2 is 2.09 bits per heavy atom. The van der Waals surface area contributed by atoms with Crippen LogP contribution < -0.4 is 4.72 Å². The van der Waals surface area contributed by atoms with Gasteiger partial charge in [0.2, 0.25) is 10.0 Å². The van der Waals surface area contributed by atoms with Crippen molar-refractivity contribution in [3.05, 3.63) is 47.8 Å². The number of hydrogen-bond donors (Lipinski definition) is 1. The standard InChI is InChI=1S/C15H20FN3O2S/c1-11(2)10-19-7-6-17-15(19)9-18-22(20,21)14-8-12(3)4-5-13(14)16/h4-8,11,18H,9-10H2,1-3H3. The Morgan fingerprint density at radius 3 is 2.77 bits per heavy atom. The average molecular weight is 325 g/mol. The highest BCUT2D eigenvalue weighted by Crippen LogP contribution is 2.16. The Hall–Kier alpha value is -1.73. The minimum Gasteiger partial charge on any atom is -0.334 e. The van der Waals surface area contributed by atoms with Crippen LogP contribution in [0.2, 0.25) is 0 Å². The van der Waals surface area contributed by atoms with E-state index in [2.05, 4.69) is 23.6 Å². The Morgan fingerprint density at radius 1 is 1.36 bits per heavy atom. The lowest BCUT2D eigenvalue weighted by molar-refractivity contribution is 0.502. The van der Waals surface area contributed by atoms with E-state index in [9.17, 15) is 12.8 Å². The number of aromatic nitrogens is 2. The second-order valence-corrected chi connectivity index (χ2v) is 7.38. The van der Waals surface area contributed by atoms with Gasteiger partial charge in [-0.1, -0.05) is 19.9 Å². The molecule has 0 saturated carbocycles. The highest BCUT2D eigenvalue weighted by atomic mass is 32.2. The van der Waals surface area contributed by atoms with Crippen molar-refractivity contribution < 1.29 is 12.8 Å². The van der Waals surface area contributed by atoms with Crippen molar-refractivity contribution in [1.29, 1.82) is 0 Å². The lowest BCUT2D eigenvalue weighted by atomic mass is 10.2. The lowest BCUT2D eigenvalue weighted by Crippen LogP contribution is -2.26. The van der Waals surface area contributed by atoms with Crippen molar-refractivity contribution >= 4 is 10.0 Å². The first kappa shape index (κ1) is 16.6. The summed E-state index contributed by atoms with van der Waals surface area (Å²) >= 11 is 0. The van der Waals surface area contributed by atoms with Crippen molar-refractivity contribution in [3.63, 3.8) is 0 Å². The van der Waals surface area contributed by atoms with Crippen LogP contribution in [-0.4, -0.2) is 18.0 Å². The van der Waals surface area contributed by atoms with E-state index in [0.29, 0.717) is 17.3 Å². The maximum atomic E-state index is 13.7. The van der Waals surface area contributed by atoms with Crippen molar-refractivity contribution in [1.82, 2.24) is 14.3 Å². The van der Waals surface area contributed by atoms with Crippen molar-refractivity contribution in [2.24, 2.45) is 5.92 Å². The Balaban J connectivity index is 2.17. The molecule has 0 spiro atoms. The topological polar surface area (TPSA) is 64.0 Å².